The standard InChI is InChI=1S/C32H36N2O4S2/c1-5-9-11-25-27(21-13-17-23(18-14-21)31(35)37-7-3)39-29(33-25)30-34-26(12-10-6-2)28(40-30)22-15-19-24(20-16-22)32(36)38-8-4/h13-20H,5-12H2,1-4H3. The largest absolute Gasteiger partial charge is 0.462 e. The van der Waals surface area contributed by atoms with Gasteiger partial charge in [0.25, 0.3) is 0 Å². The second-order valence-electron chi connectivity index (χ2n) is 9.39. The van der Waals surface area contributed by atoms with Crippen LogP contribution in [0.1, 0.15) is 85.5 Å². The van der Waals surface area contributed by atoms with Crippen molar-refractivity contribution in [3.8, 4) is 30.9 Å². The molecule has 4 aromatic rings. The number of ether oxygens (including phenoxy) is 2. The molecule has 0 saturated heterocycles. The molecule has 210 valence electrons. The molecule has 0 atom stereocenters. The summed E-state index contributed by atoms with van der Waals surface area (Å²) in [6.07, 6.45) is 6.04. The number of benzene rings is 2. The Morgan fingerprint density at radius 3 is 1.32 bits per heavy atom. The maximum Gasteiger partial charge on any atom is 0.338 e. The maximum atomic E-state index is 12.1. The number of esters is 2. The van der Waals surface area contributed by atoms with Gasteiger partial charge in [0, 0.05) is 0 Å². The normalized spacial score (nSPS) is 11.0. The summed E-state index contributed by atoms with van der Waals surface area (Å²) in [6.45, 7) is 8.68. The van der Waals surface area contributed by atoms with E-state index in [4.69, 9.17) is 19.4 Å². The Hall–Kier alpha value is -3.36. The molecule has 2 aromatic carbocycles. The van der Waals surface area contributed by atoms with Gasteiger partial charge in [0.15, 0.2) is 10.0 Å². The minimum atomic E-state index is -0.310. The topological polar surface area (TPSA) is 78.4 Å². The van der Waals surface area contributed by atoms with Crippen molar-refractivity contribution < 1.29 is 19.1 Å². The third-order valence-corrected chi connectivity index (χ3v) is 8.86. The van der Waals surface area contributed by atoms with Crippen LogP contribution < -0.4 is 0 Å². The Kier molecular flexibility index (Phi) is 10.6. The highest BCUT2D eigenvalue weighted by Crippen LogP contribution is 2.41. The lowest BCUT2D eigenvalue weighted by Gasteiger charge is -2.04. The number of carbonyl (C=O) groups excluding carboxylic acids is 2. The average molecular weight is 577 g/mol. The Labute approximate surface area is 244 Å². The van der Waals surface area contributed by atoms with Crippen LogP contribution in [-0.4, -0.2) is 35.1 Å². The van der Waals surface area contributed by atoms with Crippen molar-refractivity contribution >= 4 is 34.6 Å². The molecule has 0 unspecified atom stereocenters. The van der Waals surface area contributed by atoms with Crippen LogP contribution in [0.15, 0.2) is 48.5 Å². The molecule has 6 nitrogen and oxygen atoms in total. The van der Waals surface area contributed by atoms with Crippen molar-refractivity contribution in [2.75, 3.05) is 13.2 Å². The van der Waals surface area contributed by atoms with Crippen LogP contribution in [0.3, 0.4) is 0 Å². The van der Waals surface area contributed by atoms with Crippen molar-refractivity contribution in [2.24, 2.45) is 0 Å². The van der Waals surface area contributed by atoms with Gasteiger partial charge < -0.3 is 9.47 Å². The fraction of sp³-hybridized carbons (Fsp3) is 0.375. The molecule has 0 aliphatic carbocycles. The summed E-state index contributed by atoms with van der Waals surface area (Å²) in [7, 11) is 0. The van der Waals surface area contributed by atoms with Gasteiger partial charge in [-0.1, -0.05) is 51.0 Å². The fourth-order valence-electron chi connectivity index (χ4n) is 4.31. The van der Waals surface area contributed by atoms with Crippen LogP contribution in [0.5, 0.6) is 0 Å². The molecule has 0 saturated carbocycles. The van der Waals surface area contributed by atoms with Gasteiger partial charge in [-0.25, -0.2) is 19.6 Å². The number of aryl methyl sites for hydroxylation is 2. The summed E-state index contributed by atoms with van der Waals surface area (Å²) in [4.78, 5) is 36.7. The van der Waals surface area contributed by atoms with E-state index in [0.717, 1.165) is 80.8 Å². The van der Waals surface area contributed by atoms with Crippen LogP contribution >= 0.6 is 22.7 Å². The van der Waals surface area contributed by atoms with E-state index in [-0.39, 0.29) is 11.9 Å². The number of hydrogen-bond acceptors (Lipinski definition) is 8. The van der Waals surface area contributed by atoms with Crippen LogP contribution in [0.2, 0.25) is 0 Å². The second-order valence-corrected chi connectivity index (χ2v) is 11.4. The summed E-state index contributed by atoms with van der Waals surface area (Å²) < 4.78 is 10.3. The van der Waals surface area contributed by atoms with Crippen molar-refractivity contribution in [3.05, 3.63) is 71.0 Å². The Bertz CT molecular complexity index is 1310. The SMILES string of the molecule is CCCCc1nc(-c2nc(CCCC)c(-c3ccc(C(=O)OCC)cc3)s2)sc1-c1ccc(C(=O)OCC)cc1. The zero-order valence-electron chi connectivity index (χ0n) is 23.6. The van der Waals surface area contributed by atoms with E-state index in [1.54, 1.807) is 36.5 Å². The van der Waals surface area contributed by atoms with E-state index in [1.807, 2.05) is 48.5 Å². The van der Waals surface area contributed by atoms with Crippen molar-refractivity contribution in [1.82, 2.24) is 9.97 Å². The highest BCUT2D eigenvalue weighted by Gasteiger charge is 2.20. The Morgan fingerprint density at radius 1 is 0.625 bits per heavy atom. The minimum absolute atomic E-state index is 0.310. The third-order valence-electron chi connectivity index (χ3n) is 6.43. The van der Waals surface area contributed by atoms with Gasteiger partial charge in [0.2, 0.25) is 0 Å². The Balaban J connectivity index is 1.70. The Morgan fingerprint density at radius 2 is 1.00 bits per heavy atom. The van der Waals surface area contributed by atoms with E-state index in [9.17, 15) is 9.59 Å². The monoisotopic (exact) mass is 576 g/mol. The van der Waals surface area contributed by atoms with Gasteiger partial charge in [-0.3, -0.25) is 0 Å². The van der Waals surface area contributed by atoms with Crippen LogP contribution in [0.4, 0.5) is 0 Å². The smallest absolute Gasteiger partial charge is 0.338 e. The van der Waals surface area contributed by atoms with E-state index < -0.39 is 0 Å². The number of carbonyl (C=O) groups is 2. The number of thiazole rings is 2. The van der Waals surface area contributed by atoms with Gasteiger partial charge in [-0.2, -0.15) is 0 Å². The zero-order chi connectivity index (χ0) is 28.5. The van der Waals surface area contributed by atoms with Crippen molar-refractivity contribution in [2.45, 2.75) is 66.2 Å². The molecule has 0 amide bonds. The van der Waals surface area contributed by atoms with Gasteiger partial charge in [-0.05, 0) is 74.9 Å². The fourth-order valence-corrected chi connectivity index (χ4v) is 6.56. The molecule has 0 bridgehead atoms. The molecule has 2 heterocycles. The number of aromatic nitrogens is 2. The number of unbranched alkanes of at least 4 members (excludes halogenated alkanes) is 2. The van der Waals surface area contributed by atoms with Crippen LogP contribution in [-0.2, 0) is 22.3 Å². The van der Waals surface area contributed by atoms with Crippen molar-refractivity contribution in [3.63, 3.8) is 0 Å². The predicted molar refractivity (Wildman–Crippen MR) is 163 cm³/mol. The first-order valence-electron chi connectivity index (χ1n) is 14.0. The number of rotatable bonds is 13. The molecule has 0 N–H and O–H groups in total. The summed E-state index contributed by atoms with van der Waals surface area (Å²) in [5.41, 5.74) is 5.31. The molecule has 8 heteroatoms. The lowest BCUT2D eigenvalue weighted by molar-refractivity contribution is 0.0517. The van der Waals surface area contributed by atoms with Crippen molar-refractivity contribution in [1.29, 1.82) is 0 Å². The number of nitrogens with zero attached hydrogens (tertiary/aromatic N) is 2. The lowest BCUT2D eigenvalue weighted by atomic mass is 10.1. The predicted octanol–water partition coefficient (Wildman–Crippen LogP) is 8.64. The maximum absolute atomic E-state index is 12.1. The highest BCUT2D eigenvalue weighted by atomic mass is 32.1. The first kappa shape index (κ1) is 29.6. The van der Waals surface area contributed by atoms with E-state index in [1.165, 1.54) is 0 Å². The van der Waals surface area contributed by atoms with E-state index in [2.05, 4.69) is 13.8 Å². The highest BCUT2D eigenvalue weighted by molar-refractivity contribution is 7.24. The lowest BCUT2D eigenvalue weighted by Crippen LogP contribution is -2.04. The van der Waals surface area contributed by atoms with Gasteiger partial charge >= 0.3 is 11.9 Å². The minimum Gasteiger partial charge on any atom is -0.462 e. The summed E-state index contributed by atoms with van der Waals surface area (Å²) >= 11 is 3.31. The van der Waals surface area contributed by atoms with Gasteiger partial charge in [0.05, 0.1) is 45.5 Å². The average Bonchev–Trinajstić information content (AvgIpc) is 3.60. The summed E-state index contributed by atoms with van der Waals surface area (Å²) in [6, 6.07) is 15.2. The molecule has 0 aliphatic heterocycles. The van der Waals surface area contributed by atoms with E-state index in [0.29, 0.717) is 24.3 Å². The molecule has 0 aliphatic rings. The van der Waals surface area contributed by atoms with Gasteiger partial charge in [0.1, 0.15) is 0 Å². The third kappa shape index (κ3) is 7.04. The molecule has 0 radical (unpaired) electrons. The van der Waals surface area contributed by atoms with Gasteiger partial charge in [-0.15, -0.1) is 22.7 Å². The summed E-state index contributed by atoms with van der Waals surface area (Å²) in [5.74, 6) is -0.620. The zero-order valence-corrected chi connectivity index (χ0v) is 25.3. The number of hydrogen-bond donors (Lipinski definition) is 0. The molecule has 2 aromatic heterocycles. The first-order chi connectivity index (χ1) is 19.5. The molecule has 0 spiro atoms. The molecular formula is C32H36N2O4S2. The van der Waals surface area contributed by atoms with E-state index >= 15 is 0 Å². The quantitative estimate of drug-likeness (QED) is 0.148. The van der Waals surface area contributed by atoms with Crippen LogP contribution in [0.25, 0.3) is 30.9 Å². The van der Waals surface area contributed by atoms with Crippen LogP contribution in [0, 0.1) is 0 Å². The molecule has 40 heavy (non-hydrogen) atoms. The molecular weight excluding hydrogens is 540 g/mol. The second kappa shape index (κ2) is 14.3. The first-order valence-corrected chi connectivity index (χ1v) is 15.7. The molecule has 4 rings (SSSR count). The molecule has 0 fully saturated rings. The summed E-state index contributed by atoms with van der Waals surface area (Å²) in [5, 5.41) is 1.82.